The topological polar surface area (TPSA) is 37.8 Å². The van der Waals surface area contributed by atoms with E-state index in [1.807, 2.05) is 6.92 Å². The molecule has 120 valence electrons. The maximum atomic E-state index is 12.6. The minimum Gasteiger partial charge on any atom is -0.363 e. The Morgan fingerprint density at radius 2 is 1.87 bits per heavy atom. The molecule has 0 saturated heterocycles. The second-order valence-corrected chi connectivity index (χ2v) is 6.24. The monoisotopic (exact) mass is 357 g/mol. The van der Waals surface area contributed by atoms with Crippen molar-refractivity contribution in [2.75, 3.05) is 5.32 Å². The molecule has 3 nitrogen and oxygen atoms in total. The summed E-state index contributed by atoms with van der Waals surface area (Å²) in [6, 6.07) is 4.81. The van der Waals surface area contributed by atoms with Crippen molar-refractivity contribution in [3.63, 3.8) is 0 Å². The molecule has 1 unspecified atom stereocenters. The van der Waals surface area contributed by atoms with Gasteiger partial charge in [-0.2, -0.15) is 13.2 Å². The van der Waals surface area contributed by atoms with Crippen LogP contribution in [0.25, 0.3) is 10.2 Å². The van der Waals surface area contributed by atoms with Crippen molar-refractivity contribution in [1.82, 2.24) is 9.97 Å². The number of hydrogen-bond acceptors (Lipinski definition) is 4. The van der Waals surface area contributed by atoms with E-state index in [9.17, 15) is 13.2 Å². The van der Waals surface area contributed by atoms with Crippen LogP contribution in [0.1, 0.15) is 24.1 Å². The SMILES string of the molecule is CC(Nc1ncnc2scc(Cl)c12)c1ccc(C(F)(F)F)cc1. The van der Waals surface area contributed by atoms with Crippen LogP contribution in [-0.4, -0.2) is 9.97 Å². The van der Waals surface area contributed by atoms with E-state index in [0.717, 1.165) is 27.9 Å². The molecular formula is C15H11ClF3N3S. The summed E-state index contributed by atoms with van der Waals surface area (Å²) in [4.78, 5) is 9.08. The first-order valence-electron chi connectivity index (χ1n) is 6.67. The van der Waals surface area contributed by atoms with Crippen molar-refractivity contribution in [3.05, 3.63) is 52.1 Å². The Bertz CT molecular complexity index is 830. The summed E-state index contributed by atoms with van der Waals surface area (Å²) in [5, 5.41) is 6.22. The summed E-state index contributed by atoms with van der Waals surface area (Å²) in [5.74, 6) is 0.564. The Hall–Kier alpha value is -1.86. The number of alkyl halides is 3. The summed E-state index contributed by atoms with van der Waals surface area (Å²) in [7, 11) is 0. The molecule has 0 aliphatic carbocycles. The molecule has 23 heavy (non-hydrogen) atoms. The van der Waals surface area contributed by atoms with E-state index >= 15 is 0 Å². The van der Waals surface area contributed by atoms with Gasteiger partial charge >= 0.3 is 6.18 Å². The van der Waals surface area contributed by atoms with Gasteiger partial charge in [-0.25, -0.2) is 9.97 Å². The van der Waals surface area contributed by atoms with Crippen LogP contribution >= 0.6 is 22.9 Å². The highest BCUT2D eigenvalue weighted by Gasteiger charge is 2.30. The van der Waals surface area contributed by atoms with E-state index in [-0.39, 0.29) is 6.04 Å². The van der Waals surface area contributed by atoms with Crippen LogP contribution in [-0.2, 0) is 6.18 Å². The normalized spacial score (nSPS) is 13.3. The fraction of sp³-hybridized carbons (Fsp3) is 0.200. The third-order valence-corrected chi connectivity index (χ3v) is 4.73. The smallest absolute Gasteiger partial charge is 0.363 e. The van der Waals surface area contributed by atoms with Gasteiger partial charge in [-0.1, -0.05) is 23.7 Å². The van der Waals surface area contributed by atoms with Gasteiger partial charge in [-0.15, -0.1) is 11.3 Å². The Morgan fingerprint density at radius 1 is 1.17 bits per heavy atom. The Morgan fingerprint density at radius 3 is 2.52 bits per heavy atom. The molecule has 8 heteroatoms. The molecule has 2 heterocycles. The van der Waals surface area contributed by atoms with E-state index in [0.29, 0.717) is 10.8 Å². The molecule has 0 aliphatic rings. The number of thiophene rings is 1. The summed E-state index contributed by atoms with van der Waals surface area (Å²) < 4.78 is 37.8. The third-order valence-electron chi connectivity index (χ3n) is 3.42. The maximum Gasteiger partial charge on any atom is 0.416 e. The van der Waals surface area contributed by atoms with E-state index in [1.165, 1.54) is 29.8 Å². The summed E-state index contributed by atoms with van der Waals surface area (Å²) in [6.07, 6.45) is -2.91. The van der Waals surface area contributed by atoms with Gasteiger partial charge in [0, 0.05) is 11.4 Å². The third kappa shape index (κ3) is 3.25. The first-order valence-corrected chi connectivity index (χ1v) is 7.93. The lowest BCUT2D eigenvalue weighted by Crippen LogP contribution is -2.10. The van der Waals surface area contributed by atoms with Crippen molar-refractivity contribution in [2.24, 2.45) is 0 Å². The fourth-order valence-electron chi connectivity index (χ4n) is 2.20. The van der Waals surface area contributed by atoms with Crippen LogP contribution in [0.15, 0.2) is 36.0 Å². The Labute approximate surface area is 139 Å². The van der Waals surface area contributed by atoms with Gasteiger partial charge in [-0.05, 0) is 24.6 Å². The highest BCUT2D eigenvalue weighted by atomic mass is 35.5. The van der Waals surface area contributed by atoms with Crippen molar-refractivity contribution < 1.29 is 13.2 Å². The zero-order chi connectivity index (χ0) is 16.6. The molecule has 3 rings (SSSR count). The molecule has 0 aliphatic heterocycles. The molecule has 0 radical (unpaired) electrons. The van der Waals surface area contributed by atoms with Gasteiger partial charge < -0.3 is 5.32 Å². The standard InChI is InChI=1S/C15H11ClF3N3S/c1-8(9-2-4-10(5-3-9)15(17,18)19)22-13-12-11(16)6-23-14(12)21-7-20-13/h2-8H,1H3,(H,20,21,22). The van der Waals surface area contributed by atoms with E-state index < -0.39 is 11.7 Å². The van der Waals surface area contributed by atoms with Gasteiger partial charge in [0.25, 0.3) is 0 Å². The van der Waals surface area contributed by atoms with E-state index in [2.05, 4.69) is 15.3 Å². The molecule has 2 aromatic heterocycles. The van der Waals surface area contributed by atoms with Crippen LogP contribution in [0.3, 0.4) is 0 Å². The van der Waals surface area contributed by atoms with Gasteiger partial charge in [0.15, 0.2) is 0 Å². The Balaban J connectivity index is 1.86. The zero-order valence-electron chi connectivity index (χ0n) is 11.9. The number of hydrogen-bond donors (Lipinski definition) is 1. The largest absolute Gasteiger partial charge is 0.416 e. The lowest BCUT2D eigenvalue weighted by Gasteiger charge is -2.16. The molecule has 1 aromatic carbocycles. The number of nitrogens with zero attached hydrogens (tertiary/aromatic N) is 2. The number of fused-ring (bicyclic) bond motifs is 1. The zero-order valence-corrected chi connectivity index (χ0v) is 13.4. The highest BCUT2D eigenvalue weighted by molar-refractivity contribution is 7.17. The van der Waals surface area contributed by atoms with Crippen molar-refractivity contribution in [1.29, 1.82) is 0 Å². The predicted octanol–water partition coefficient (Wildman–Crippen LogP) is 5.54. The number of rotatable bonds is 3. The van der Waals surface area contributed by atoms with E-state index in [1.54, 1.807) is 5.38 Å². The first kappa shape index (κ1) is 16.0. The van der Waals surface area contributed by atoms with Crippen molar-refractivity contribution >= 4 is 39.0 Å². The first-order chi connectivity index (χ1) is 10.9. The number of benzene rings is 1. The van der Waals surface area contributed by atoms with Crippen molar-refractivity contribution in [2.45, 2.75) is 19.1 Å². The van der Waals surface area contributed by atoms with Crippen molar-refractivity contribution in [3.8, 4) is 0 Å². The second-order valence-electron chi connectivity index (χ2n) is 4.97. The second kappa shape index (κ2) is 5.98. The minimum absolute atomic E-state index is 0.230. The number of nitrogens with one attached hydrogen (secondary N) is 1. The van der Waals surface area contributed by atoms with Gasteiger partial charge in [0.2, 0.25) is 0 Å². The van der Waals surface area contributed by atoms with Gasteiger partial charge in [-0.3, -0.25) is 0 Å². The van der Waals surface area contributed by atoms with E-state index in [4.69, 9.17) is 11.6 Å². The van der Waals surface area contributed by atoms with Crippen LogP contribution < -0.4 is 5.32 Å². The molecule has 1 atom stereocenters. The van der Waals surface area contributed by atoms with Crippen LogP contribution in [0, 0.1) is 0 Å². The molecule has 0 fully saturated rings. The highest BCUT2D eigenvalue weighted by Crippen LogP contribution is 2.34. The summed E-state index contributed by atoms with van der Waals surface area (Å²) in [5.41, 5.74) is 0.0508. The molecule has 0 amide bonds. The fourth-order valence-corrected chi connectivity index (χ4v) is 3.33. The molecule has 3 aromatic rings. The molecule has 0 spiro atoms. The summed E-state index contributed by atoms with van der Waals surface area (Å²) >= 11 is 7.55. The minimum atomic E-state index is -4.34. The van der Waals surface area contributed by atoms with Crippen LogP contribution in [0.4, 0.5) is 19.0 Å². The lowest BCUT2D eigenvalue weighted by atomic mass is 10.1. The number of aromatic nitrogens is 2. The van der Waals surface area contributed by atoms with Gasteiger partial charge in [0.05, 0.1) is 16.0 Å². The van der Waals surface area contributed by atoms with Crippen LogP contribution in [0.5, 0.6) is 0 Å². The number of halogens is 4. The summed E-state index contributed by atoms with van der Waals surface area (Å²) in [6.45, 7) is 1.84. The quantitative estimate of drug-likeness (QED) is 0.669. The Kier molecular flexibility index (Phi) is 4.16. The molecule has 1 N–H and O–H groups in total. The maximum absolute atomic E-state index is 12.6. The molecular weight excluding hydrogens is 347 g/mol. The average Bonchev–Trinajstić information content (AvgIpc) is 2.89. The van der Waals surface area contributed by atoms with Crippen LogP contribution in [0.2, 0.25) is 5.02 Å². The van der Waals surface area contributed by atoms with Gasteiger partial charge in [0.1, 0.15) is 17.0 Å². The average molecular weight is 358 g/mol. The number of anilines is 1. The molecule has 0 bridgehead atoms. The lowest BCUT2D eigenvalue weighted by molar-refractivity contribution is -0.137. The predicted molar refractivity (Wildman–Crippen MR) is 85.9 cm³/mol. The molecule has 0 saturated carbocycles.